The van der Waals surface area contributed by atoms with E-state index in [0.29, 0.717) is 28.1 Å². The van der Waals surface area contributed by atoms with Crippen molar-refractivity contribution in [1.29, 1.82) is 0 Å². The molecule has 106 valence electrons. The number of methoxy groups -OCH3 is 2. The van der Waals surface area contributed by atoms with Crippen LogP contribution in [0.3, 0.4) is 0 Å². The van der Waals surface area contributed by atoms with Crippen molar-refractivity contribution in [3.05, 3.63) is 23.1 Å². The lowest BCUT2D eigenvalue weighted by atomic mass is 10.1. The summed E-state index contributed by atoms with van der Waals surface area (Å²) in [6, 6.07) is 3.45. The van der Waals surface area contributed by atoms with Gasteiger partial charge < -0.3 is 9.47 Å². The summed E-state index contributed by atoms with van der Waals surface area (Å²) >= 11 is 9.86. The predicted octanol–water partition coefficient (Wildman–Crippen LogP) is 2.34. The van der Waals surface area contributed by atoms with Crippen LogP contribution < -0.4 is 9.47 Å². The van der Waals surface area contributed by atoms with E-state index in [1.807, 2.05) is 0 Å². The number of nitrogens with zero attached hydrogens (tertiary/aromatic N) is 2. The number of fused-ring (bicyclic) bond motifs is 1. The molecule has 0 amide bonds. The number of benzene rings is 1. The summed E-state index contributed by atoms with van der Waals surface area (Å²) < 4.78 is 10.5. The summed E-state index contributed by atoms with van der Waals surface area (Å²) in [5, 5.41) is 0.800. The Balaban J connectivity index is 2.64. The molecular weight excluding hydrogens is 300 g/mol. The van der Waals surface area contributed by atoms with Crippen LogP contribution in [-0.4, -0.2) is 35.7 Å². The van der Waals surface area contributed by atoms with Gasteiger partial charge in [-0.25, -0.2) is 9.97 Å². The van der Waals surface area contributed by atoms with Gasteiger partial charge >= 0.3 is 0 Å². The third-order valence-electron chi connectivity index (χ3n) is 2.79. The number of rotatable bonds is 5. The van der Waals surface area contributed by atoms with Gasteiger partial charge in [-0.05, 0) is 17.7 Å². The molecule has 0 bridgehead atoms. The second kappa shape index (κ2) is 6.28. The SMILES string of the molecule is COc1cc2nc(Cl)nc(CC(=O)CS)c2cc1OC. The van der Waals surface area contributed by atoms with Crippen molar-refractivity contribution in [2.24, 2.45) is 0 Å². The number of halogens is 1. The molecule has 0 saturated heterocycles. The number of carbonyl (C=O) groups is 1. The van der Waals surface area contributed by atoms with Gasteiger partial charge in [0.05, 0.1) is 31.9 Å². The minimum absolute atomic E-state index is 0.0424. The van der Waals surface area contributed by atoms with Gasteiger partial charge in [-0.2, -0.15) is 12.6 Å². The minimum atomic E-state index is -0.0424. The first-order valence-electron chi connectivity index (χ1n) is 5.79. The highest BCUT2D eigenvalue weighted by atomic mass is 35.5. The molecule has 0 unspecified atom stereocenters. The Morgan fingerprint density at radius 1 is 1.25 bits per heavy atom. The molecule has 1 aromatic carbocycles. The van der Waals surface area contributed by atoms with E-state index in [2.05, 4.69) is 22.6 Å². The molecule has 0 saturated carbocycles. The summed E-state index contributed by atoms with van der Waals surface area (Å²) in [4.78, 5) is 19.8. The van der Waals surface area contributed by atoms with Gasteiger partial charge in [0, 0.05) is 17.2 Å². The third kappa shape index (κ3) is 2.96. The monoisotopic (exact) mass is 312 g/mol. The van der Waals surface area contributed by atoms with Crippen molar-refractivity contribution < 1.29 is 14.3 Å². The first-order chi connectivity index (χ1) is 9.58. The first-order valence-corrected chi connectivity index (χ1v) is 6.80. The standard InChI is InChI=1S/C13H13ClN2O3S/c1-18-11-4-8-9(3-7(17)6-20)15-13(14)16-10(8)5-12(11)19-2/h4-5,20H,3,6H2,1-2H3. The van der Waals surface area contributed by atoms with Crippen LogP contribution in [0.4, 0.5) is 0 Å². The van der Waals surface area contributed by atoms with Crippen molar-refractivity contribution in [3.8, 4) is 11.5 Å². The Hall–Kier alpha value is -1.53. The van der Waals surface area contributed by atoms with E-state index in [1.54, 1.807) is 19.2 Å². The molecule has 20 heavy (non-hydrogen) atoms. The fourth-order valence-corrected chi connectivity index (χ4v) is 2.17. The zero-order chi connectivity index (χ0) is 14.7. The van der Waals surface area contributed by atoms with Crippen molar-refractivity contribution in [1.82, 2.24) is 9.97 Å². The summed E-state index contributed by atoms with van der Waals surface area (Å²) in [5.74, 6) is 1.20. The Morgan fingerprint density at radius 3 is 2.50 bits per heavy atom. The van der Waals surface area contributed by atoms with E-state index in [9.17, 15) is 4.79 Å². The van der Waals surface area contributed by atoms with Gasteiger partial charge in [0.2, 0.25) is 5.28 Å². The summed E-state index contributed by atoms with van der Waals surface area (Å²) in [7, 11) is 3.08. The van der Waals surface area contributed by atoms with E-state index in [4.69, 9.17) is 21.1 Å². The maximum atomic E-state index is 11.6. The van der Waals surface area contributed by atoms with Crippen molar-refractivity contribution in [3.63, 3.8) is 0 Å². The van der Waals surface area contributed by atoms with E-state index in [0.717, 1.165) is 0 Å². The number of aromatic nitrogens is 2. The average molecular weight is 313 g/mol. The normalized spacial score (nSPS) is 10.6. The van der Waals surface area contributed by atoms with Crippen molar-refractivity contribution >= 4 is 40.9 Å². The lowest BCUT2D eigenvalue weighted by molar-refractivity contribution is -0.116. The molecule has 1 heterocycles. The zero-order valence-corrected chi connectivity index (χ0v) is 12.7. The molecule has 0 atom stereocenters. The number of hydrogen-bond donors (Lipinski definition) is 1. The van der Waals surface area contributed by atoms with Crippen LogP contribution in [0.5, 0.6) is 11.5 Å². The molecule has 0 aliphatic rings. The molecule has 0 spiro atoms. The van der Waals surface area contributed by atoms with Crippen LogP contribution in [0.2, 0.25) is 5.28 Å². The molecule has 7 heteroatoms. The quantitative estimate of drug-likeness (QED) is 0.678. The molecule has 1 aromatic heterocycles. The second-order valence-electron chi connectivity index (χ2n) is 4.04. The van der Waals surface area contributed by atoms with Crippen LogP contribution in [-0.2, 0) is 11.2 Å². The van der Waals surface area contributed by atoms with Gasteiger partial charge in [-0.15, -0.1) is 0 Å². The lowest BCUT2D eigenvalue weighted by Crippen LogP contribution is -2.07. The number of Topliss-reactive ketones (excluding diaryl/α,β-unsaturated/α-hetero) is 1. The number of carbonyl (C=O) groups excluding carboxylic acids is 1. The molecule has 0 radical (unpaired) electrons. The van der Waals surface area contributed by atoms with E-state index < -0.39 is 0 Å². The van der Waals surface area contributed by atoms with E-state index in [-0.39, 0.29) is 23.2 Å². The van der Waals surface area contributed by atoms with Gasteiger partial charge in [0.15, 0.2) is 11.5 Å². The van der Waals surface area contributed by atoms with Gasteiger partial charge in [0.25, 0.3) is 0 Å². The van der Waals surface area contributed by atoms with E-state index in [1.165, 1.54) is 7.11 Å². The number of hydrogen-bond acceptors (Lipinski definition) is 6. The molecular formula is C13H13ClN2O3S. The smallest absolute Gasteiger partial charge is 0.223 e. The predicted molar refractivity (Wildman–Crippen MR) is 80.2 cm³/mol. The van der Waals surface area contributed by atoms with Crippen LogP contribution in [0.25, 0.3) is 10.9 Å². The molecule has 2 aromatic rings. The maximum absolute atomic E-state index is 11.6. The molecule has 0 N–H and O–H groups in total. The summed E-state index contributed by atoms with van der Waals surface area (Å²) in [6.07, 6.45) is 0.151. The largest absolute Gasteiger partial charge is 0.493 e. The Morgan fingerprint density at radius 2 is 1.90 bits per heavy atom. The van der Waals surface area contributed by atoms with Crippen molar-refractivity contribution in [2.75, 3.05) is 20.0 Å². The number of thiol groups is 1. The molecule has 5 nitrogen and oxygen atoms in total. The average Bonchev–Trinajstić information content (AvgIpc) is 2.45. The number of ketones is 1. The van der Waals surface area contributed by atoms with E-state index >= 15 is 0 Å². The van der Waals surface area contributed by atoms with Crippen LogP contribution in [0, 0.1) is 0 Å². The Bertz CT molecular complexity index is 664. The highest BCUT2D eigenvalue weighted by molar-refractivity contribution is 7.81. The lowest BCUT2D eigenvalue weighted by Gasteiger charge is -2.11. The first kappa shape index (κ1) is 14.9. The van der Waals surface area contributed by atoms with Crippen molar-refractivity contribution in [2.45, 2.75) is 6.42 Å². The van der Waals surface area contributed by atoms with Crippen LogP contribution in [0.15, 0.2) is 12.1 Å². The Labute approximate surface area is 126 Å². The highest BCUT2D eigenvalue weighted by Gasteiger charge is 2.14. The minimum Gasteiger partial charge on any atom is -0.493 e. The van der Waals surface area contributed by atoms with Gasteiger partial charge in [0.1, 0.15) is 5.78 Å². The van der Waals surface area contributed by atoms with Gasteiger partial charge in [-0.1, -0.05) is 0 Å². The Kier molecular flexibility index (Phi) is 4.67. The molecule has 0 aliphatic heterocycles. The van der Waals surface area contributed by atoms with Gasteiger partial charge in [-0.3, -0.25) is 4.79 Å². The van der Waals surface area contributed by atoms with Crippen LogP contribution in [0.1, 0.15) is 5.69 Å². The fourth-order valence-electron chi connectivity index (χ4n) is 1.87. The molecule has 0 fully saturated rings. The summed E-state index contributed by atoms with van der Waals surface area (Å²) in [6.45, 7) is 0. The van der Waals surface area contributed by atoms with Crippen LogP contribution >= 0.6 is 24.2 Å². The third-order valence-corrected chi connectivity index (χ3v) is 3.32. The molecule has 2 rings (SSSR count). The fraction of sp³-hybridized carbons (Fsp3) is 0.308. The summed E-state index contributed by atoms with van der Waals surface area (Å²) in [5.41, 5.74) is 1.16. The maximum Gasteiger partial charge on any atom is 0.223 e. The number of ether oxygens (including phenoxy) is 2. The molecule has 0 aliphatic carbocycles. The zero-order valence-electron chi connectivity index (χ0n) is 11.0. The topological polar surface area (TPSA) is 61.3 Å². The second-order valence-corrected chi connectivity index (χ2v) is 4.69. The highest BCUT2D eigenvalue weighted by Crippen LogP contribution is 2.33.